The quantitative estimate of drug-likeness (QED) is 0.0208. The number of hydrogen-bond donors (Lipinski definition) is 4. The number of phosphoric ester groups is 1. The number of unbranched alkanes of at least 4 members (excludes halogenated alkanes) is 12. The van der Waals surface area contributed by atoms with Crippen LogP contribution in [-0.2, 0) is 32.7 Å². The van der Waals surface area contributed by atoms with E-state index in [1.54, 1.807) is 0 Å². The number of carbonyl (C=O) groups is 3. The largest absolute Gasteiger partial charge is 0.480 e. The predicted octanol–water partition coefficient (Wildman–Crippen LogP) is 9.61. The molecule has 0 saturated heterocycles. The smallest absolute Gasteiger partial charge is 0.472 e. The predicted molar refractivity (Wildman–Crippen MR) is 212 cm³/mol. The van der Waals surface area contributed by atoms with E-state index in [-0.39, 0.29) is 12.8 Å². The van der Waals surface area contributed by atoms with Gasteiger partial charge in [-0.1, -0.05) is 120 Å². The van der Waals surface area contributed by atoms with Crippen LogP contribution in [0.2, 0.25) is 0 Å². The number of aliphatic hydroxyl groups excluding tert-OH is 1. The van der Waals surface area contributed by atoms with Crippen molar-refractivity contribution >= 4 is 25.7 Å². The van der Waals surface area contributed by atoms with E-state index in [1.807, 2.05) is 0 Å². The third-order valence-electron chi connectivity index (χ3n) is 8.01. The summed E-state index contributed by atoms with van der Waals surface area (Å²) >= 11 is 0. The molecule has 0 spiro atoms. The summed E-state index contributed by atoms with van der Waals surface area (Å²) in [6.45, 7) is 2.43. The Morgan fingerprint density at radius 2 is 1.08 bits per heavy atom. The number of esters is 1. The van der Waals surface area contributed by atoms with Gasteiger partial charge in [-0.15, -0.1) is 0 Å². The number of allylic oxidation sites excluding steroid dienone is 10. The number of nitrogens with one attached hydrogen (secondary N) is 1. The Balaban J connectivity index is 4.04. The molecule has 0 saturated carbocycles. The molecule has 53 heavy (non-hydrogen) atoms. The molecule has 0 heterocycles. The van der Waals surface area contributed by atoms with Gasteiger partial charge in [0.1, 0.15) is 12.7 Å². The fourth-order valence-electron chi connectivity index (χ4n) is 4.89. The summed E-state index contributed by atoms with van der Waals surface area (Å²) in [6.07, 6.45) is 39.7. The van der Waals surface area contributed by atoms with Gasteiger partial charge in [-0.2, -0.15) is 0 Å². The van der Waals surface area contributed by atoms with Gasteiger partial charge < -0.3 is 25.2 Å². The van der Waals surface area contributed by atoms with Crippen LogP contribution in [-0.4, -0.2) is 64.9 Å². The van der Waals surface area contributed by atoms with E-state index in [9.17, 15) is 34.1 Å². The number of amides is 1. The minimum absolute atomic E-state index is 0.105. The van der Waals surface area contributed by atoms with Gasteiger partial charge in [-0.3, -0.25) is 18.6 Å². The van der Waals surface area contributed by atoms with Gasteiger partial charge in [-0.05, 0) is 77.0 Å². The SMILES string of the molecule is CCC/C=C\CCCCCCCC(=O)OCC(O)COP(=O)(O)OCC(NC(=O)CCCCC/C=C\C/C=C\C/C=C\C/C=C\CCCCC)C(=O)O. The second-order valence-corrected chi connectivity index (χ2v) is 14.6. The summed E-state index contributed by atoms with van der Waals surface area (Å²) in [4.78, 5) is 45.7. The molecular formula is C41H70NO10P. The molecule has 0 aliphatic carbocycles. The first-order valence-electron chi connectivity index (χ1n) is 19.8. The number of phosphoric acid groups is 1. The van der Waals surface area contributed by atoms with Crippen molar-refractivity contribution in [3.05, 3.63) is 60.8 Å². The monoisotopic (exact) mass is 767 g/mol. The molecule has 3 unspecified atom stereocenters. The maximum atomic E-state index is 12.3. The maximum absolute atomic E-state index is 12.3. The zero-order valence-electron chi connectivity index (χ0n) is 32.5. The highest BCUT2D eigenvalue weighted by Gasteiger charge is 2.28. The molecule has 0 aliphatic rings. The van der Waals surface area contributed by atoms with Crippen molar-refractivity contribution in [1.29, 1.82) is 0 Å². The summed E-state index contributed by atoms with van der Waals surface area (Å²) < 4.78 is 26.7. The van der Waals surface area contributed by atoms with Crippen molar-refractivity contribution < 1.29 is 47.8 Å². The zero-order chi connectivity index (χ0) is 39.3. The summed E-state index contributed by atoms with van der Waals surface area (Å²) in [5.74, 6) is -2.44. The minimum Gasteiger partial charge on any atom is -0.480 e. The Bertz CT molecular complexity index is 1130. The molecule has 1 amide bonds. The molecule has 0 rings (SSSR count). The van der Waals surface area contributed by atoms with Crippen LogP contribution in [0.25, 0.3) is 0 Å². The Labute approximate surface area is 319 Å². The molecule has 12 heteroatoms. The number of carboxylic acids is 1. The van der Waals surface area contributed by atoms with E-state index < -0.39 is 57.6 Å². The Hall–Kier alpha value is -2.82. The van der Waals surface area contributed by atoms with Crippen LogP contribution in [0.5, 0.6) is 0 Å². The average molecular weight is 768 g/mol. The normalized spacial score (nSPS) is 14.5. The second kappa shape index (κ2) is 36.2. The fraction of sp³-hybridized carbons (Fsp3) is 0.683. The lowest BCUT2D eigenvalue weighted by atomic mass is 10.1. The molecule has 4 N–H and O–H groups in total. The number of aliphatic carboxylic acids is 1. The third kappa shape index (κ3) is 36.0. The molecule has 304 valence electrons. The summed E-state index contributed by atoms with van der Waals surface area (Å²) in [6, 6.07) is -1.57. The summed E-state index contributed by atoms with van der Waals surface area (Å²) in [7, 11) is -4.76. The Morgan fingerprint density at radius 3 is 1.66 bits per heavy atom. The van der Waals surface area contributed by atoms with Gasteiger partial charge in [0, 0.05) is 12.8 Å². The lowest BCUT2D eigenvalue weighted by Gasteiger charge is -2.18. The van der Waals surface area contributed by atoms with E-state index in [1.165, 1.54) is 25.7 Å². The Kier molecular flexibility index (Phi) is 34.2. The van der Waals surface area contributed by atoms with Gasteiger partial charge in [0.05, 0.1) is 13.2 Å². The second-order valence-electron chi connectivity index (χ2n) is 13.1. The summed E-state index contributed by atoms with van der Waals surface area (Å²) in [5, 5.41) is 21.7. The van der Waals surface area contributed by atoms with Crippen molar-refractivity contribution in [1.82, 2.24) is 5.32 Å². The number of carbonyl (C=O) groups excluding carboxylic acids is 2. The van der Waals surface area contributed by atoms with Crippen LogP contribution in [0.15, 0.2) is 60.8 Å². The molecular weight excluding hydrogens is 697 g/mol. The molecule has 0 aromatic rings. The van der Waals surface area contributed by atoms with Crippen molar-refractivity contribution in [2.45, 2.75) is 161 Å². The number of rotatable bonds is 36. The van der Waals surface area contributed by atoms with E-state index in [2.05, 4.69) is 79.9 Å². The minimum atomic E-state index is -4.76. The van der Waals surface area contributed by atoms with Gasteiger partial charge in [0.25, 0.3) is 0 Å². The number of ether oxygens (including phenoxy) is 1. The first-order valence-corrected chi connectivity index (χ1v) is 21.3. The molecule has 3 atom stereocenters. The van der Waals surface area contributed by atoms with E-state index in [4.69, 9.17) is 13.8 Å². The first-order chi connectivity index (χ1) is 25.6. The van der Waals surface area contributed by atoms with Gasteiger partial charge in [0.2, 0.25) is 5.91 Å². The Morgan fingerprint density at radius 1 is 0.604 bits per heavy atom. The highest BCUT2D eigenvalue weighted by molar-refractivity contribution is 7.47. The highest BCUT2D eigenvalue weighted by Crippen LogP contribution is 2.43. The van der Waals surface area contributed by atoms with Crippen molar-refractivity contribution in [2.24, 2.45) is 0 Å². The average Bonchev–Trinajstić information content (AvgIpc) is 3.13. The van der Waals surface area contributed by atoms with Crippen molar-refractivity contribution in [2.75, 3.05) is 19.8 Å². The van der Waals surface area contributed by atoms with Crippen LogP contribution in [0.3, 0.4) is 0 Å². The number of carboxylic acid groups (broad SMARTS) is 1. The molecule has 0 radical (unpaired) electrons. The fourth-order valence-corrected chi connectivity index (χ4v) is 5.66. The molecule has 11 nitrogen and oxygen atoms in total. The van der Waals surface area contributed by atoms with Crippen LogP contribution in [0.4, 0.5) is 0 Å². The molecule has 0 fully saturated rings. The molecule has 0 aromatic heterocycles. The van der Waals surface area contributed by atoms with E-state index in [0.717, 1.165) is 83.5 Å². The van der Waals surface area contributed by atoms with Crippen molar-refractivity contribution in [3.63, 3.8) is 0 Å². The van der Waals surface area contributed by atoms with Gasteiger partial charge in [0.15, 0.2) is 6.04 Å². The first kappa shape index (κ1) is 50.2. The van der Waals surface area contributed by atoms with Crippen LogP contribution in [0, 0.1) is 0 Å². The highest BCUT2D eigenvalue weighted by atomic mass is 31.2. The van der Waals surface area contributed by atoms with Gasteiger partial charge >= 0.3 is 19.8 Å². The standard InChI is InChI=1S/C41H70NO10P/c1-3-5-7-9-11-13-15-16-17-18-19-20-21-22-23-24-26-28-30-32-39(44)42-38(41(46)47)36-52-53(48,49)51-35-37(43)34-50-40(45)33-31-29-27-25-14-12-10-8-6-4-2/h8,10-11,13,16-17,19-20,22-23,37-38,43H,3-7,9,12,14-15,18,21,24-36H2,1-2H3,(H,42,44)(H,46,47)(H,48,49)/b10-8-,13-11-,17-16-,20-19-,23-22-. The third-order valence-corrected chi connectivity index (χ3v) is 8.96. The number of hydrogen-bond acceptors (Lipinski definition) is 8. The van der Waals surface area contributed by atoms with E-state index >= 15 is 0 Å². The molecule has 0 bridgehead atoms. The maximum Gasteiger partial charge on any atom is 0.472 e. The van der Waals surface area contributed by atoms with Crippen molar-refractivity contribution in [3.8, 4) is 0 Å². The molecule has 0 aliphatic heterocycles. The molecule has 0 aromatic carbocycles. The van der Waals surface area contributed by atoms with Crippen LogP contribution in [0.1, 0.15) is 149 Å². The van der Waals surface area contributed by atoms with Crippen LogP contribution >= 0.6 is 7.82 Å². The van der Waals surface area contributed by atoms with E-state index in [0.29, 0.717) is 12.8 Å². The lowest BCUT2D eigenvalue weighted by Crippen LogP contribution is -2.43. The lowest BCUT2D eigenvalue weighted by molar-refractivity contribution is -0.147. The van der Waals surface area contributed by atoms with Crippen LogP contribution < -0.4 is 5.32 Å². The zero-order valence-corrected chi connectivity index (χ0v) is 33.4. The summed E-state index contributed by atoms with van der Waals surface area (Å²) in [5.41, 5.74) is 0. The number of aliphatic hydroxyl groups is 1. The topological polar surface area (TPSA) is 169 Å². The van der Waals surface area contributed by atoms with Gasteiger partial charge in [-0.25, -0.2) is 9.36 Å².